The van der Waals surface area contributed by atoms with Crippen LogP contribution >= 0.6 is 0 Å². The fraction of sp³-hybridized carbons (Fsp3) is 0.429. The van der Waals surface area contributed by atoms with Crippen LogP contribution in [0.3, 0.4) is 0 Å². The Morgan fingerprint density at radius 3 is 2.89 bits per heavy atom. The molecule has 19 heavy (non-hydrogen) atoms. The highest BCUT2D eigenvalue weighted by atomic mass is 16.2. The summed E-state index contributed by atoms with van der Waals surface area (Å²) in [4.78, 5) is 13.9. The highest BCUT2D eigenvalue weighted by Crippen LogP contribution is 2.19. The van der Waals surface area contributed by atoms with Crippen LogP contribution < -0.4 is 10.6 Å². The van der Waals surface area contributed by atoms with Crippen molar-refractivity contribution in [1.29, 1.82) is 5.26 Å². The lowest BCUT2D eigenvalue weighted by Gasteiger charge is -2.27. The molecule has 5 heteroatoms. The molecule has 0 aliphatic carbocycles. The van der Waals surface area contributed by atoms with E-state index in [0.29, 0.717) is 5.56 Å². The van der Waals surface area contributed by atoms with Gasteiger partial charge in [0.2, 0.25) is 5.91 Å². The second-order valence-electron chi connectivity index (χ2n) is 4.59. The number of carbonyl (C=O) groups is 1. The van der Waals surface area contributed by atoms with Crippen LogP contribution in [0.4, 0.5) is 5.69 Å². The molecule has 0 unspecified atom stereocenters. The molecule has 2 N–H and O–H groups in total. The number of nitriles is 1. The molecule has 1 aromatic carbocycles. The summed E-state index contributed by atoms with van der Waals surface area (Å²) in [5, 5.41) is 15.4. The van der Waals surface area contributed by atoms with Gasteiger partial charge in [0.05, 0.1) is 17.8 Å². The van der Waals surface area contributed by atoms with Crippen molar-refractivity contribution in [2.45, 2.75) is 6.92 Å². The molecule has 0 saturated carbocycles. The number of hydrogen-bond donors (Lipinski definition) is 2. The first kappa shape index (κ1) is 13.4. The van der Waals surface area contributed by atoms with E-state index >= 15 is 0 Å². The molecule has 1 aliphatic heterocycles. The summed E-state index contributed by atoms with van der Waals surface area (Å²) in [6.07, 6.45) is 0. The minimum Gasteiger partial charge on any atom is -0.375 e. The Balaban J connectivity index is 1.99. The molecule has 1 saturated heterocycles. The molecule has 1 heterocycles. The molecule has 2 rings (SSSR count). The fourth-order valence-electron chi connectivity index (χ4n) is 2.19. The van der Waals surface area contributed by atoms with Crippen molar-refractivity contribution in [3.05, 3.63) is 29.3 Å². The molecule has 1 fully saturated rings. The number of benzene rings is 1. The number of para-hydroxylation sites is 1. The maximum Gasteiger partial charge on any atom is 0.241 e. The summed E-state index contributed by atoms with van der Waals surface area (Å²) < 4.78 is 0. The Bertz CT molecular complexity index is 501. The number of rotatable bonds is 3. The van der Waals surface area contributed by atoms with Crippen LogP contribution in [0.1, 0.15) is 11.1 Å². The molecule has 5 nitrogen and oxygen atoms in total. The van der Waals surface area contributed by atoms with Crippen LogP contribution in [0.25, 0.3) is 0 Å². The number of amides is 1. The molecule has 0 radical (unpaired) electrons. The summed E-state index contributed by atoms with van der Waals surface area (Å²) in [7, 11) is 0. The third kappa shape index (κ3) is 3.24. The van der Waals surface area contributed by atoms with Crippen molar-refractivity contribution in [2.75, 3.05) is 38.0 Å². The largest absolute Gasteiger partial charge is 0.375 e. The summed E-state index contributed by atoms with van der Waals surface area (Å²) in [5.41, 5.74) is 2.31. The van der Waals surface area contributed by atoms with E-state index in [1.165, 1.54) is 0 Å². The Morgan fingerprint density at radius 1 is 1.47 bits per heavy atom. The lowest BCUT2D eigenvalue weighted by Crippen LogP contribution is -2.48. The van der Waals surface area contributed by atoms with Crippen molar-refractivity contribution < 1.29 is 4.79 Å². The monoisotopic (exact) mass is 258 g/mol. The molecule has 1 amide bonds. The average molecular weight is 258 g/mol. The maximum absolute atomic E-state index is 12.0. The van der Waals surface area contributed by atoms with Gasteiger partial charge >= 0.3 is 0 Å². The molecule has 0 spiro atoms. The summed E-state index contributed by atoms with van der Waals surface area (Å²) in [5.74, 6) is 0.0774. The van der Waals surface area contributed by atoms with Gasteiger partial charge in [-0.3, -0.25) is 4.79 Å². The molecular weight excluding hydrogens is 240 g/mol. The van der Waals surface area contributed by atoms with Crippen molar-refractivity contribution >= 4 is 11.6 Å². The van der Waals surface area contributed by atoms with Crippen molar-refractivity contribution in [1.82, 2.24) is 10.2 Å². The van der Waals surface area contributed by atoms with Crippen molar-refractivity contribution in [3.8, 4) is 6.07 Å². The topological polar surface area (TPSA) is 68.2 Å². The van der Waals surface area contributed by atoms with Crippen molar-refractivity contribution in [2.24, 2.45) is 0 Å². The standard InChI is InChI=1S/C14H18N4O/c1-11-3-2-4-12(9-15)14(11)17-10-13(19)18-7-5-16-6-8-18/h2-4,16-17H,5-8,10H2,1H3. The summed E-state index contributed by atoms with van der Waals surface area (Å²) in [6, 6.07) is 7.67. The van der Waals surface area contributed by atoms with Gasteiger partial charge in [0.25, 0.3) is 0 Å². The molecule has 1 aromatic rings. The van der Waals surface area contributed by atoms with E-state index < -0.39 is 0 Å². The normalized spacial score (nSPS) is 14.8. The van der Waals surface area contributed by atoms with Gasteiger partial charge in [-0.15, -0.1) is 0 Å². The smallest absolute Gasteiger partial charge is 0.241 e. The number of piperazine rings is 1. The Hall–Kier alpha value is -2.06. The zero-order chi connectivity index (χ0) is 13.7. The lowest BCUT2D eigenvalue weighted by molar-refractivity contribution is -0.129. The van der Waals surface area contributed by atoms with E-state index in [1.54, 1.807) is 6.07 Å². The highest BCUT2D eigenvalue weighted by Gasteiger charge is 2.16. The van der Waals surface area contributed by atoms with E-state index in [1.807, 2.05) is 24.0 Å². The number of hydrogen-bond acceptors (Lipinski definition) is 4. The van der Waals surface area contributed by atoms with Gasteiger partial charge < -0.3 is 15.5 Å². The third-order valence-electron chi connectivity index (χ3n) is 3.28. The highest BCUT2D eigenvalue weighted by molar-refractivity contribution is 5.82. The quantitative estimate of drug-likeness (QED) is 0.838. The molecule has 0 atom stereocenters. The number of nitrogens with zero attached hydrogens (tertiary/aromatic N) is 2. The van der Waals surface area contributed by atoms with Gasteiger partial charge in [-0.2, -0.15) is 5.26 Å². The van der Waals surface area contributed by atoms with Gasteiger partial charge in [0, 0.05) is 26.2 Å². The Morgan fingerprint density at radius 2 is 2.21 bits per heavy atom. The van der Waals surface area contributed by atoms with Crippen LogP contribution in [0.2, 0.25) is 0 Å². The first-order valence-electron chi connectivity index (χ1n) is 6.44. The molecule has 0 bridgehead atoms. The second-order valence-corrected chi connectivity index (χ2v) is 4.59. The minimum absolute atomic E-state index is 0.0774. The van der Waals surface area contributed by atoms with Gasteiger partial charge in [0.1, 0.15) is 6.07 Å². The number of anilines is 1. The third-order valence-corrected chi connectivity index (χ3v) is 3.28. The minimum atomic E-state index is 0.0774. The van der Waals surface area contributed by atoms with Crippen molar-refractivity contribution in [3.63, 3.8) is 0 Å². The van der Waals surface area contributed by atoms with Crippen LogP contribution in [0, 0.1) is 18.3 Å². The van der Waals surface area contributed by atoms with Gasteiger partial charge in [0.15, 0.2) is 0 Å². The Kier molecular flexibility index (Phi) is 4.37. The predicted octanol–water partition coefficient (Wildman–Crippen LogP) is 0.710. The van der Waals surface area contributed by atoms with Crippen LogP contribution in [0.15, 0.2) is 18.2 Å². The first-order chi connectivity index (χ1) is 9.22. The van der Waals surface area contributed by atoms with E-state index in [4.69, 9.17) is 5.26 Å². The zero-order valence-corrected chi connectivity index (χ0v) is 11.1. The lowest BCUT2D eigenvalue weighted by atomic mass is 10.1. The van der Waals surface area contributed by atoms with Gasteiger partial charge in [-0.1, -0.05) is 12.1 Å². The average Bonchev–Trinajstić information content (AvgIpc) is 2.46. The zero-order valence-electron chi connectivity index (χ0n) is 11.1. The van der Waals surface area contributed by atoms with Crippen LogP contribution in [0.5, 0.6) is 0 Å². The Labute approximate surface area is 113 Å². The van der Waals surface area contributed by atoms with E-state index in [0.717, 1.165) is 37.4 Å². The molecule has 1 aliphatic rings. The van der Waals surface area contributed by atoms with Crippen LogP contribution in [-0.4, -0.2) is 43.5 Å². The number of aryl methyl sites for hydroxylation is 1. The van der Waals surface area contributed by atoms with E-state index in [2.05, 4.69) is 16.7 Å². The van der Waals surface area contributed by atoms with Crippen LogP contribution in [-0.2, 0) is 4.79 Å². The summed E-state index contributed by atoms with van der Waals surface area (Å²) in [6.45, 7) is 5.36. The molecular formula is C14H18N4O. The molecule has 0 aromatic heterocycles. The number of carbonyl (C=O) groups excluding carboxylic acids is 1. The van der Waals surface area contributed by atoms with E-state index in [-0.39, 0.29) is 12.5 Å². The maximum atomic E-state index is 12.0. The predicted molar refractivity (Wildman–Crippen MR) is 73.8 cm³/mol. The molecule has 100 valence electrons. The second kappa shape index (κ2) is 6.21. The summed E-state index contributed by atoms with van der Waals surface area (Å²) >= 11 is 0. The van der Waals surface area contributed by atoms with Gasteiger partial charge in [-0.25, -0.2) is 0 Å². The number of nitrogens with one attached hydrogen (secondary N) is 2. The van der Waals surface area contributed by atoms with Gasteiger partial charge in [-0.05, 0) is 18.6 Å². The van der Waals surface area contributed by atoms with E-state index in [9.17, 15) is 4.79 Å². The fourth-order valence-corrected chi connectivity index (χ4v) is 2.19. The SMILES string of the molecule is Cc1cccc(C#N)c1NCC(=O)N1CCNCC1. The first-order valence-corrected chi connectivity index (χ1v) is 6.44.